The van der Waals surface area contributed by atoms with Gasteiger partial charge < -0.3 is 14.5 Å². The third-order valence-corrected chi connectivity index (χ3v) is 8.05. The van der Waals surface area contributed by atoms with Crippen LogP contribution in [0.3, 0.4) is 0 Å². The van der Waals surface area contributed by atoms with Gasteiger partial charge in [-0.25, -0.2) is 4.79 Å². The molecule has 0 spiro atoms. The maximum atomic E-state index is 12.9. The van der Waals surface area contributed by atoms with Crippen LogP contribution < -0.4 is 0 Å². The average Bonchev–Trinajstić information content (AvgIpc) is 3.03. The minimum atomic E-state index is -0.515. The Balaban J connectivity index is 2.17. The summed E-state index contributed by atoms with van der Waals surface area (Å²) in [5.74, 6) is 0.283. The van der Waals surface area contributed by atoms with Gasteiger partial charge in [-0.1, -0.05) is 50.2 Å². The molecule has 0 saturated heterocycles. The number of amides is 1. The Morgan fingerprint density at radius 3 is 2.60 bits per heavy atom. The Morgan fingerprint density at radius 1 is 1.26 bits per heavy atom. The molecule has 2 heterocycles. The van der Waals surface area contributed by atoms with Gasteiger partial charge in [0.2, 0.25) is 0 Å². The van der Waals surface area contributed by atoms with Crippen LogP contribution in [0, 0.1) is 12.8 Å². The number of rotatable bonds is 7. The first-order valence-corrected chi connectivity index (χ1v) is 15.7. The van der Waals surface area contributed by atoms with Gasteiger partial charge in [0.1, 0.15) is 5.60 Å². The predicted molar refractivity (Wildman–Crippen MR) is 178 cm³/mol. The van der Waals surface area contributed by atoms with Crippen molar-refractivity contribution < 1.29 is 9.53 Å². The minimum absolute atomic E-state index is 0.137. The number of aryl methyl sites for hydroxylation is 1. The molecule has 1 aromatic carbocycles. The molecule has 1 amide bonds. The second-order valence-corrected chi connectivity index (χ2v) is 13.0. The van der Waals surface area contributed by atoms with E-state index in [1.165, 1.54) is 22.4 Å². The van der Waals surface area contributed by atoms with Gasteiger partial charge >= 0.3 is 6.09 Å². The highest BCUT2D eigenvalue weighted by Gasteiger charge is 2.28. The fourth-order valence-electron chi connectivity index (χ4n) is 5.83. The molecule has 0 bridgehead atoms. The predicted octanol–water partition coefficient (Wildman–Crippen LogP) is 9.41. The van der Waals surface area contributed by atoms with E-state index < -0.39 is 5.60 Å². The van der Waals surface area contributed by atoms with Crippen molar-refractivity contribution in [2.45, 2.75) is 86.7 Å². The average molecular weight is 592 g/mol. The molecule has 0 aliphatic carbocycles. The number of nitrogens with zero attached hydrogens (tertiary/aromatic N) is 3. The van der Waals surface area contributed by atoms with Crippen molar-refractivity contribution in [2.75, 3.05) is 26.2 Å². The number of carbonyl (C=O) groups is 1. The van der Waals surface area contributed by atoms with Crippen LogP contribution >= 0.6 is 11.6 Å². The van der Waals surface area contributed by atoms with Crippen molar-refractivity contribution in [3.8, 4) is 0 Å². The van der Waals surface area contributed by atoms with Gasteiger partial charge in [-0.05, 0) is 113 Å². The highest BCUT2D eigenvalue weighted by molar-refractivity contribution is 6.30. The Hall–Kier alpha value is -3.05. The molecule has 2 aliphatic rings. The largest absolute Gasteiger partial charge is 0.444 e. The number of aliphatic imine (C=N–C) groups is 1. The van der Waals surface area contributed by atoms with E-state index in [-0.39, 0.29) is 17.9 Å². The summed E-state index contributed by atoms with van der Waals surface area (Å²) < 4.78 is 5.70. The smallest absolute Gasteiger partial charge is 0.410 e. The number of hydrogen-bond donors (Lipinski definition) is 0. The maximum Gasteiger partial charge on any atom is 0.410 e. The van der Waals surface area contributed by atoms with Gasteiger partial charge in [-0.15, -0.1) is 0 Å². The standard InChI is InChI=1S/C36H50ClN3O2/c1-11-39(12-2)32(21-27(6)31-22-30(37)16-15-25(31)4)34-28(7)38-18-17-26(5)33(34)29-14-13-19-40(23-24(3)20-29)35(41)42-36(8,9)10/h15-18,20-22,24,27H,5,11-14,19,23H2,1-4,6-10H3/b29-20-,32-21+/t24-,27?/m1/s1. The molecule has 0 saturated carbocycles. The molecule has 42 heavy (non-hydrogen) atoms. The van der Waals surface area contributed by atoms with Crippen LogP contribution in [-0.2, 0) is 4.74 Å². The summed E-state index contributed by atoms with van der Waals surface area (Å²) >= 11 is 6.44. The first-order valence-electron chi connectivity index (χ1n) is 15.3. The van der Waals surface area contributed by atoms with Crippen LogP contribution in [0.2, 0.25) is 5.02 Å². The number of halogens is 1. The zero-order valence-corrected chi connectivity index (χ0v) is 27.9. The van der Waals surface area contributed by atoms with Gasteiger partial charge in [-0.3, -0.25) is 4.99 Å². The molecule has 2 aliphatic heterocycles. The minimum Gasteiger partial charge on any atom is -0.444 e. The fourth-order valence-corrected chi connectivity index (χ4v) is 6.01. The van der Waals surface area contributed by atoms with Crippen molar-refractivity contribution in [1.82, 2.24) is 9.80 Å². The van der Waals surface area contributed by atoms with E-state index in [0.717, 1.165) is 53.4 Å². The molecule has 0 radical (unpaired) electrons. The van der Waals surface area contributed by atoms with Crippen molar-refractivity contribution in [3.63, 3.8) is 0 Å². The summed E-state index contributed by atoms with van der Waals surface area (Å²) in [5, 5.41) is 0.749. The molecule has 1 unspecified atom stereocenters. The molecule has 2 atom stereocenters. The first-order chi connectivity index (χ1) is 19.7. The molecular weight excluding hydrogens is 542 g/mol. The van der Waals surface area contributed by atoms with Crippen LogP contribution in [0.1, 0.15) is 85.3 Å². The molecular formula is C36H50ClN3O2. The topological polar surface area (TPSA) is 45.1 Å². The summed E-state index contributed by atoms with van der Waals surface area (Å²) in [6.07, 6.45) is 10.0. The third-order valence-electron chi connectivity index (χ3n) is 7.82. The monoisotopic (exact) mass is 591 g/mol. The normalized spacial score (nSPS) is 20.7. The fraction of sp³-hybridized carbons (Fsp3) is 0.500. The van der Waals surface area contributed by atoms with E-state index in [1.807, 2.05) is 44.0 Å². The third kappa shape index (κ3) is 8.50. The van der Waals surface area contributed by atoms with Crippen LogP contribution in [-0.4, -0.2) is 53.4 Å². The van der Waals surface area contributed by atoms with Gasteiger partial charge in [0.15, 0.2) is 0 Å². The lowest BCUT2D eigenvalue weighted by Gasteiger charge is -2.32. The molecule has 0 aromatic heterocycles. The van der Waals surface area contributed by atoms with Gasteiger partial charge in [0.25, 0.3) is 0 Å². The molecule has 6 heteroatoms. The van der Waals surface area contributed by atoms with Gasteiger partial charge in [-0.2, -0.15) is 0 Å². The van der Waals surface area contributed by atoms with Crippen molar-refractivity contribution in [1.29, 1.82) is 0 Å². The van der Waals surface area contributed by atoms with Gasteiger partial charge in [0, 0.05) is 60.3 Å². The number of carbonyl (C=O) groups excluding carboxylic acids is 1. The summed E-state index contributed by atoms with van der Waals surface area (Å²) in [7, 11) is 0. The van der Waals surface area contributed by atoms with Crippen LogP contribution in [0.15, 0.2) is 82.2 Å². The second kappa shape index (κ2) is 14.4. The highest BCUT2D eigenvalue weighted by Crippen LogP contribution is 2.37. The van der Waals surface area contributed by atoms with Crippen LogP contribution in [0.4, 0.5) is 4.79 Å². The lowest BCUT2D eigenvalue weighted by molar-refractivity contribution is 0.0230. The first kappa shape index (κ1) is 33.5. The summed E-state index contributed by atoms with van der Waals surface area (Å²) in [5.41, 5.74) is 8.56. The molecule has 0 fully saturated rings. The molecule has 5 nitrogen and oxygen atoms in total. The number of benzene rings is 1. The van der Waals surface area contributed by atoms with Crippen LogP contribution in [0.5, 0.6) is 0 Å². The molecule has 0 N–H and O–H groups in total. The van der Waals surface area contributed by atoms with E-state index in [0.29, 0.717) is 13.1 Å². The van der Waals surface area contributed by atoms with Crippen molar-refractivity contribution >= 4 is 23.4 Å². The number of hydrogen-bond acceptors (Lipinski definition) is 4. The summed E-state index contributed by atoms with van der Waals surface area (Å²) in [4.78, 5) is 22.0. The summed E-state index contributed by atoms with van der Waals surface area (Å²) in [6, 6.07) is 6.12. The van der Waals surface area contributed by atoms with Crippen molar-refractivity contribution in [3.05, 3.63) is 93.3 Å². The Kier molecular flexibility index (Phi) is 11.5. The van der Waals surface area contributed by atoms with Gasteiger partial charge in [0.05, 0.1) is 0 Å². The number of allylic oxidation sites excluding steroid dienone is 6. The summed E-state index contributed by atoms with van der Waals surface area (Å²) in [6.45, 7) is 26.3. The SMILES string of the molecule is C=C1C=CN=C(C)C(C(=C\C(C)c2cc(Cl)ccc2C)/N(CC)CC)=C1/C1=C\[C@@H](C)CN(C(=O)OC(C)(C)C)CCC1. The Morgan fingerprint density at radius 2 is 1.95 bits per heavy atom. The lowest BCUT2D eigenvalue weighted by Crippen LogP contribution is -2.40. The molecule has 3 rings (SSSR count). The van der Waals surface area contributed by atoms with E-state index in [2.05, 4.69) is 77.3 Å². The van der Waals surface area contributed by atoms with E-state index >= 15 is 0 Å². The number of ether oxygens (including phenoxy) is 1. The van der Waals surface area contributed by atoms with Crippen molar-refractivity contribution in [2.24, 2.45) is 10.9 Å². The zero-order valence-electron chi connectivity index (χ0n) is 27.2. The van der Waals surface area contributed by atoms with Crippen LogP contribution in [0.25, 0.3) is 0 Å². The number of likely N-dealkylation sites (N-methyl/N-ethyl adjacent to an activating group) is 1. The maximum absolute atomic E-state index is 12.9. The quantitative estimate of drug-likeness (QED) is 0.317. The zero-order chi connectivity index (χ0) is 31.2. The molecule has 1 aromatic rings. The second-order valence-electron chi connectivity index (χ2n) is 12.5. The molecule has 228 valence electrons. The van der Waals surface area contributed by atoms with E-state index in [9.17, 15) is 4.79 Å². The lowest BCUT2D eigenvalue weighted by atomic mass is 9.84. The van der Waals surface area contributed by atoms with E-state index in [1.54, 1.807) is 0 Å². The Labute approximate surface area is 259 Å². The highest BCUT2D eigenvalue weighted by atomic mass is 35.5. The van der Waals surface area contributed by atoms with E-state index in [4.69, 9.17) is 21.3 Å². The Bertz CT molecular complexity index is 1320.